The molecule has 26 heavy (non-hydrogen) atoms. The van der Waals surface area contributed by atoms with Crippen LogP contribution in [0.4, 0.5) is 4.39 Å². The van der Waals surface area contributed by atoms with Gasteiger partial charge in [-0.15, -0.1) is 0 Å². The Morgan fingerprint density at radius 2 is 1.77 bits per heavy atom. The van der Waals surface area contributed by atoms with Crippen LogP contribution in [0.2, 0.25) is 0 Å². The summed E-state index contributed by atoms with van der Waals surface area (Å²) in [5.41, 5.74) is 8.16. The van der Waals surface area contributed by atoms with Crippen molar-refractivity contribution >= 4 is 22.7 Å². The van der Waals surface area contributed by atoms with Crippen LogP contribution < -0.4 is 5.73 Å². The van der Waals surface area contributed by atoms with Crippen molar-refractivity contribution in [1.29, 1.82) is 0 Å². The molecule has 3 N–H and O–H groups in total. The third kappa shape index (κ3) is 2.73. The van der Waals surface area contributed by atoms with Gasteiger partial charge >= 0.3 is 0 Å². The van der Waals surface area contributed by atoms with Gasteiger partial charge in [0.25, 0.3) is 5.91 Å². The summed E-state index contributed by atoms with van der Waals surface area (Å²) in [6.07, 6.45) is 0. The third-order valence-electron chi connectivity index (χ3n) is 4.68. The summed E-state index contributed by atoms with van der Waals surface area (Å²) < 4.78 is 15.3. The Labute approximate surface area is 149 Å². The molecule has 134 valence electrons. The van der Waals surface area contributed by atoms with E-state index in [1.807, 2.05) is 19.1 Å². The Bertz CT molecular complexity index is 1040. The number of nitrogens with two attached hydrogens (primary N) is 1. The fourth-order valence-electron chi connectivity index (χ4n) is 3.22. The van der Waals surface area contributed by atoms with Gasteiger partial charge in [-0.1, -0.05) is 17.7 Å². The van der Waals surface area contributed by atoms with Crippen molar-refractivity contribution in [3.05, 3.63) is 64.6 Å². The Balaban J connectivity index is 2.33. The molecule has 0 aliphatic heterocycles. The highest BCUT2D eigenvalue weighted by atomic mass is 19.1. The Kier molecular flexibility index (Phi) is 4.28. The molecular formula is C20H19FN2O3. The lowest BCUT2D eigenvalue weighted by atomic mass is 9.97. The molecule has 0 spiro atoms. The summed E-state index contributed by atoms with van der Waals surface area (Å²) >= 11 is 0. The van der Waals surface area contributed by atoms with Crippen LogP contribution in [-0.2, 0) is 4.79 Å². The van der Waals surface area contributed by atoms with Gasteiger partial charge in [-0.25, -0.2) is 4.39 Å². The first kappa shape index (κ1) is 17.7. The smallest absolute Gasteiger partial charge is 0.262 e. The number of halogens is 1. The lowest BCUT2D eigenvalue weighted by Crippen LogP contribution is -2.20. The predicted molar refractivity (Wildman–Crippen MR) is 96.8 cm³/mol. The molecule has 0 saturated carbocycles. The van der Waals surface area contributed by atoms with Crippen molar-refractivity contribution < 1.29 is 19.1 Å². The number of hydrogen-bond donors (Lipinski definition) is 2. The number of hydrogen-bond acceptors (Lipinski definition) is 3. The van der Waals surface area contributed by atoms with Crippen molar-refractivity contribution in [2.24, 2.45) is 5.73 Å². The summed E-state index contributed by atoms with van der Waals surface area (Å²) in [6.45, 7) is 5.20. The molecule has 5 nitrogen and oxygen atoms in total. The highest BCUT2D eigenvalue weighted by molar-refractivity contribution is 6.05. The van der Waals surface area contributed by atoms with Crippen molar-refractivity contribution in [1.82, 2.24) is 4.57 Å². The average molecular weight is 354 g/mol. The van der Waals surface area contributed by atoms with Crippen LogP contribution in [0, 0.1) is 19.7 Å². The van der Waals surface area contributed by atoms with Crippen molar-refractivity contribution in [2.75, 3.05) is 0 Å². The Morgan fingerprint density at radius 3 is 2.35 bits per heavy atom. The maximum absolute atomic E-state index is 14.0. The highest BCUT2D eigenvalue weighted by Gasteiger charge is 2.26. The van der Waals surface area contributed by atoms with Crippen LogP contribution in [0.25, 0.3) is 10.9 Å². The number of rotatable bonds is 3. The molecule has 1 aromatic heterocycles. The molecule has 0 aliphatic rings. The molecule has 1 amide bonds. The van der Waals surface area contributed by atoms with E-state index in [4.69, 9.17) is 5.73 Å². The zero-order valence-electron chi connectivity index (χ0n) is 14.7. The highest BCUT2D eigenvalue weighted by Crippen LogP contribution is 2.35. The number of aryl methyl sites for hydroxylation is 1. The van der Waals surface area contributed by atoms with Gasteiger partial charge in [0, 0.05) is 22.7 Å². The first-order valence-electron chi connectivity index (χ1n) is 8.16. The third-order valence-corrected chi connectivity index (χ3v) is 4.68. The molecular weight excluding hydrogens is 335 g/mol. The van der Waals surface area contributed by atoms with Gasteiger partial charge in [0.15, 0.2) is 11.6 Å². The number of aromatic nitrogens is 1. The zero-order chi connectivity index (χ0) is 19.2. The van der Waals surface area contributed by atoms with E-state index in [2.05, 4.69) is 0 Å². The van der Waals surface area contributed by atoms with Crippen LogP contribution in [0.5, 0.6) is 5.75 Å². The van der Waals surface area contributed by atoms with Gasteiger partial charge in [0.1, 0.15) is 0 Å². The lowest BCUT2D eigenvalue weighted by molar-refractivity contribution is -0.119. The van der Waals surface area contributed by atoms with Gasteiger partial charge in [-0.05, 0) is 44.5 Å². The molecule has 3 aromatic rings. The van der Waals surface area contributed by atoms with E-state index in [-0.39, 0.29) is 11.4 Å². The maximum atomic E-state index is 14.0. The molecule has 0 fully saturated rings. The van der Waals surface area contributed by atoms with Gasteiger partial charge < -0.3 is 10.8 Å². The molecule has 6 heteroatoms. The van der Waals surface area contributed by atoms with Gasteiger partial charge in [0.05, 0.1) is 11.4 Å². The number of fused-ring (bicyclic) bond motifs is 1. The average Bonchev–Trinajstić information content (AvgIpc) is 2.85. The molecule has 1 heterocycles. The largest absolute Gasteiger partial charge is 0.505 e. The van der Waals surface area contributed by atoms with Crippen LogP contribution in [0.1, 0.15) is 40.0 Å². The number of aromatic hydroxyl groups is 1. The van der Waals surface area contributed by atoms with Crippen molar-refractivity contribution in [3.8, 4) is 5.75 Å². The lowest BCUT2D eigenvalue weighted by Gasteiger charge is -2.10. The van der Waals surface area contributed by atoms with Gasteiger partial charge in [0.2, 0.25) is 5.91 Å². The second kappa shape index (κ2) is 6.29. The molecule has 1 unspecified atom stereocenters. The van der Waals surface area contributed by atoms with Crippen LogP contribution in [0.15, 0.2) is 36.4 Å². The van der Waals surface area contributed by atoms with Gasteiger partial charge in [-0.3, -0.25) is 14.2 Å². The standard InChI is InChI=1S/C20H19FN2O3/c1-10-4-6-13(7-5-10)20(26)23-12(3)18(11(2)19(22)25)14-8-17(24)15(21)9-16(14)23/h4-9,11,24H,1-3H3,(H2,22,25). The molecule has 2 aromatic carbocycles. The number of carbonyl (C=O) groups excluding carboxylic acids is 2. The fourth-order valence-corrected chi connectivity index (χ4v) is 3.22. The quantitative estimate of drug-likeness (QED) is 0.756. The topological polar surface area (TPSA) is 85.3 Å². The van der Waals surface area contributed by atoms with Crippen LogP contribution >= 0.6 is 0 Å². The van der Waals surface area contributed by atoms with Crippen LogP contribution in [-0.4, -0.2) is 21.5 Å². The molecule has 1 atom stereocenters. The number of benzene rings is 2. The molecule has 3 rings (SSSR count). The first-order valence-corrected chi connectivity index (χ1v) is 8.16. The number of primary amides is 1. The maximum Gasteiger partial charge on any atom is 0.262 e. The van der Waals surface area contributed by atoms with E-state index in [9.17, 15) is 19.1 Å². The van der Waals surface area contributed by atoms with E-state index >= 15 is 0 Å². The minimum absolute atomic E-state index is 0.284. The number of amides is 1. The SMILES string of the molecule is Cc1ccc(C(=O)n2c(C)c(C(C)C(N)=O)c3cc(O)c(F)cc32)cc1. The molecule has 0 radical (unpaired) electrons. The van der Waals surface area contributed by atoms with Gasteiger partial charge in [-0.2, -0.15) is 0 Å². The molecule has 0 aliphatic carbocycles. The fraction of sp³-hybridized carbons (Fsp3) is 0.200. The minimum Gasteiger partial charge on any atom is -0.505 e. The van der Waals surface area contributed by atoms with E-state index in [0.29, 0.717) is 22.2 Å². The summed E-state index contributed by atoms with van der Waals surface area (Å²) in [7, 11) is 0. The van der Waals surface area contributed by atoms with Crippen LogP contribution in [0.3, 0.4) is 0 Å². The second-order valence-electron chi connectivity index (χ2n) is 6.45. The summed E-state index contributed by atoms with van der Waals surface area (Å²) in [6, 6.07) is 9.33. The van der Waals surface area contributed by atoms with E-state index in [1.165, 1.54) is 10.6 Å². The number of phenolic OH excluding ortho intramolecular Hbond substituents is 1. The monoisotopic (exact) mass is 354 g/mol. The summed E-state index contributed by atoms with van der Waals surface area (Å²) in [5.74, 6) is -3.00. The number of nitrogens with zero attached hydrogens (tertiary/aromatic N) is 1. The molecule has 0 bridgehead atoms. The first-order chi connectivity index (χ1) is 12.2. The summed E-state index contributed by atoms with van der Waals surface area (Å²) in [4.78, 5) is 24.8. The normalized spacial score (nSPS) is 12.3. The zero-order valence-corrected chi connectivity index (χ0v) is 14.7. The summed E-state index contributed by atoms with van der Waals surface area (Å²) in [5, 5.41) is 10.2. The number of phenols is 1. The number of carbonyl (C=O) groups is 2. The van der Waals surface area contributed by atoms with Crippen molar-refractivity contribution in [3.63, 3.8) is 0 Å². The van der Waals surface area contributed by atoms with Crippen molar-refractivity contribution in [2.45, 2.75) is 26.7 Å². The Hall–Kier alpha value is -3.15. The Morgan fingerprint density at radius 1 is 1.15 bits per heavy atom. The van der Waals surface area contributed by atoms with E-state index < -0.39 is 23.4 Å². The predicted octanol–water partition coefficient (Wildman–Crippen LogP) is 3.38. The molecule has 0 saturated heterocycles. The van der Waals surface area contributed by atoms with E-state index in [0.717, 1.165) is 11.6 Å². The second-order valence-corrected chi connectivity index (χ2v) is 6.45. The van der Waals surface area contributed by atoms with E-state index in [1.54, 1.807) is 26.0 Å². The minimum atomic E-state index is -0.841.